The van der Waals surface area contributed by atoms with Gasteiger partial charge in [0.1, 0.15) is 11.4 Å². The van der Waals surface area contributed by atoms with Crippen molar-refractivity contribution < 1.29 is 13.9 Å². The topological polar surface area (TPSA) is 52.3 Å². The molecule has 4 nitrogen and oxygen atoms in total. The standard InChI is InChI=1S/C28H27NO3/c1-2-3-17-26(30)31-24-16-10-11-21(20-24)18-19-25-29-27(22-12-6-4-7-13-22)28(32-25)23-14-8-5-9-15-23/h4-16,20H,2-3,17-19H2,1H3. The Hall–Kier alpha value is -3.66. The Labute approximate surface area is 188 Å². The van der Waals surface area contributed by atoms with Gasteiger partial charge in [0.05, 0.1) is 0 Å². The minimum atomic E-state index is -0.184. The van der Waals surface area contributed by atoms with Gasteiger partial charge in [-0.05, 0) is 30.5 Å². The van der Waals surface area contributed by atoms with Crippen molar-refractivity contribution in [3.05, 3.63) is 96.4 Å². The molecule has 4 aromatic rings. The highest BCUT2D eigenvalue weighted by molar-refractivity contribution is 5.76. The zero-order chi connectivity index (χ0) is 22.2. The number of aryl methyl sites for hydroxylation is 2. The van der Waals surface area contributed by atoms with Gasteiger partial charge in [-0.15, -0.1) is 0 Å². The highest BCUT2D eigenvalue weighted by atomic mass is 16.5. The van der Waals surface area contributed by atoms with Crippen molar-refractivity contribution >= 4 is 5.97 Å². The number of carbonyl (C=O) groups excluding carboxylic acids is 1. The van der Waals surface area contributed by atoms with E-state index in [9.17, 15) is 4.79 Å². The Morgan fingerprint density at radius 2 is 1.59 bits per heavy atom. The Kier molecular flexibility index (Phi) is 7.13. The van der Waals surface area contributed by atoms with Crippen LogP contribution < -0.4 is 4.74 Å². The average Bonchev–Trinajstić information content (AvgIpc) is 3.27. The summed E-state index contributed by atoms with van der Waals surface area (Å²) in [6, 6.07) is 27.8. The highest BCUT2D eigenvalue weighted by Crippen LogP contribution is 2.33. The molecule has 162 valence electrons. The van der Waals surface area contributed by atoms with Gasteiger partial charge in [-0.25, -0.2) is 4.98 Å². The number of hydrogen-bond acceptors (Lipinski definition) is 4. The number of aromatic nitrogens is 1. The molecule has 0 aliphatic heterocycles. The lowest BCUT2D eigenvalue weighted by molar-refractivity contribution is -0.134. The molecule has 0 bridgehead atoms. The second-order valence-corrected chi connectivity index (χ2v) is 7.74. The molecule has 0 aliphatic rings. The summed E-state index contributed by atoms with van der Waals surface area (Å²) >= 11 is 0. The van der Waals surface area contributed by atoms with Crippen LogP contribution in [-0.2, 0) is 17.6 Å². The molecule has 4 heteroatoms. The van der Waals surface area contributed by atoms with E-state index in [0.717, 1.165) is 47.4 Å². The number of carbonyl (C=O) groups is 1. The zero-order valence-electron chi connectivity index (χ0n) is 18.3. The monoisotopic (exact) mass is 425 g/mol. The number of esters is 1. The summed E-state index contributed by atoms with van der Waals surface area (Å²) < 4.78 is 11.7. The minimum absolute atomic E-state index is 0.184. The molecule has 0 fully saturated rings. The number of oxazole rings is 1. The maximum absolute atomic E-state index is 11.9. The van der Waals surface area contributed by atoms with Gasteiger partial charge in [-0.3, -0.25) is 4.79 Å². The molecule has 3 aromatic carbocycles. The molecule has 1 heterocycles. The highest BCUT2D eigenvalue weighted by Gasteiger charge is 2.16. The molecule has 0 unspecified atom stereocenters. The molecule has 32 heavy (non-hydrogen) atoms. The first-order chi connectivity index (χ1) is 15.7. The van der Waals surface area contributed by atoms with Gasteiger partial charge in [-0.1, -0.05) is 86.1 Å². The third-order valence-electron chi connectivity index (χ3n) is 5.25. The zero-order valence-corrected chi connectivity index (χ0v) is 18.3. The Morgan fingerprint density at radius 1 is 0.875 bits per heavy atom. The van der Waals surface area contributed by atoms with Crippen LogP contribution in [0, 0.1) is 0 Å². The lowest BCUT2D eigenvalue weighted by atomic mass is 10.1. The first kappa shape index (κ1) is 21.6. The summed E-state index contributed by atoms with van der Waals surface area (Å²) in [7, 11) is 0. The van der Waals surface area contributed by atoms with E-state index in [0.29, 0.717) is 24.5 Å². The van der Waals surface area contributed by atoms with E-state index in [1.807, 2.05) is 84.9 Å². The van der Waals surface area contributed by atoms with Crippen molar-refractivity contribution in [2.24, 2.45) is 0 Å². The van der Waals surface area contributed by atoms with Crippen LogP contribution in [0.2, 0.25) is 0 Å². The number of benzene rings is 3. The van der Waals surface area contributed by atoms with Gasteiger partial charge >= 0.3 is 5.97 Å². The third-order valence-corrected chi connectivity index (χ3v) is 5.25. The quantitative estimate of drug-likeness (QED) is 0.216. The van der Waals surface area contributed by atoms with Crippen molar-refractivity contribution in [1.82, 2.24) is 4.98 Å². The van der Waals surface area contributed by atoms with Crippen molar-refractivity contribution in [3.63, 3.8) is 0 Å². The second kappa shape index (κ2) is 10.6. The summed E-state index contributed by atoms with van der Waals surface area (Å²) in [4.78, 5) is 16.7. The second-order valence-electron chi connectivity index (χ2n) is 7.74. The van der Waals surface area contributed by atoms with E-state index in [4.69, 9.17) is 14.1 Å². The predicted octanol–water partition coefficient (Wildman–Crippen LogP) is 6.89. The van der Waals surface area contributed by atoms with Crippen LogP contribution >= 0.6 is 0 Å². The molecule has 0 amide bonds. The fourth-order valence-electron chi connectivity index (χ4n) is 3.57. The lowest BCUT2D eigenvalue weighted by Crippen LogP contribution is -2.07. The minimum Gasteiger partial charge on any atom is -0.440 e. The van der Waals surface area contributed by atoms with Gasteiger partial charge in [0.15, 0.2) is 11.7 Å². The van der Waals surface area contributed by atoms with Crippen LogP contribution in [0.3, 0.4) is 0 Å². The molecule has 0 atom stereocenters. The maximum Gasteiger partial charge on any atom is 0.311 e. The summed E-state index contributed by atoms with van der Waals surface area (Å²) in [5.41, 5.74) is 3.96. The SMILES string of the molecule is CCCCC(=O)Oc1cccc(CCc2nc(-c3ccccc3)c(-c3ccccc3)o2)c1. The number of hydrogen-bond donors (Lipinski definition) is 0. The van der Waals surface area contributed by atoms with Crippen molar-refractivity contribution in [3.8, 4) is 28.3 Å². The predicted molar refractivity (Wildman–Crippen MR) is 126 cm³/mol. The van der Waals surface area contributed by atoms with Gasteiger partial charge in [0.2, 0.25) is 0 Å². The van der Waals surface area contributed by atoms with E-state index >= 15 is 0 Å². The summed E-state index contributed by atoms with van der Waals surface area (Å²) in [5.74, 6) is 1.88. The van der Waals surface area contributed by atoms with Crippen LogP contribution in [-0.4, -0.2) is 11.0 Å². The molecule has 0 N–H and O–H groups in total. The fourth-order valence-corrected chi connectivity index (χ4v) is 3.57. The molecule has 0 spiro atoms. The molecule has 0 aliphatic carbocycles. The van der Waals surface area contributed by atoms with E-state index in [2.05, 4.69) is 6.92 Å². The van der Waals surface area contributed by atoms with Crippen LogP contribution in [0.15, 0.2) is 89.3 Å². The van der Waals surface area contributed by atoms with Crippen molar-refractivity contribution in [2.75, 3.05) is 0 Å². The smallest absolute Gasteiger partial charge is 0.311 e. The number of unbranched alkanes of at least 4 members (excludes halogenated alkanes) is 1. The summed E-state index contributed by atoms with van der Waals surface area (Å²) in [6.45, 7) is 2.06. The number of rotatable bonds is 9. The fraction of sp³-hybridized carbons (Fsp3) is 0.214. The third kappa shape index (κ3) is 5.52. The largest absolute Gasteiger partial charge is 0.440 e. The molecule has 1 aromatic heterocycles. The van der Waals surface area contributed by atoms with E-state index in [-0.39, 0.29) is 5.97 Å². The molecule has 0 saturated carbocycles. The number of nitrogens with zero attached hydrogens (tertiary/aromatic N) is 1. The van der Waals surface area contributed by atoms with Crippen LogP contribution in [0.5, 0.6) is 5.75 Å². The van der Waals surface area contributed by atoms with Gasteiger partial charge in [-0.2, -0.15) is 0 Å². The van der Waals surface area contributed by atoms with Gasteiger partial charge in [0, 0.05) is 24.0 Å². The molecule has 4 rings (SSSR count). The van der Waals surface area contributed by atoms with Crippen LogP contribution in [0.4, 0.5) is 0 Å². The molecule has 0 radical (unpaired) electrons. The summed E-state index contributed by atoms with van der Waals surface area (Å²) in [5, 5.41) is 0. The first-order valence-electron chi connectivity index (χ1n) is 11.1. The maximum atomic E-state index is 11.9. The normalized spacial score (nSPS) is 10.8. The Morgan fingerprint density at radius 3 is 2.31 bits per heavy atom. The van der Waals surface area contributed by atoms with E-state index in [1.165, 1.54) is 0 Å². The van der Waals surface area contributed by atoms with Gasteiger partial charge in [0.25, 0.3) is 0 Å². The Bertz CT molecular complexity index is 1090. The van der Waals surface area contributed by atoms with Crippen molar-refractivity contribution in [1.29, 1.82) is 0 Å². The van der Waals surface area contributed by atoms with E-state index < -0.39 is 0 Å². The van der Waals surface area contributed by atoms with E-state index in [1.54, 1.807) is 0 Å². The lowest BCUT2D eigenvalue weighted by Gasteiger charge is -2.06. The first-order valence-corrected chi connectivity index (χ1v) is 11.1. The van der Waals surface area contributed by atoms with Gasteiger partial charge < -0.3 is 9.15 Å². The van der Waals surface area contributed by atoms with Crippen LogP contribution in [0.1, 0.15) is 37.6 Å². The molecular weight excluding hydrogens is 398 g/mol. The van der Waals surface area contributed by atoms with Crippen molar-refractivity contribution in [2.45, 2.75) is 39.0 Å². The van der Waals surface area contributed by atoms with Crippen LogP contribution in [0.25, 0.3) is 22.6 Å². The molecular formula is C28H27NO3. The Balaban J connectivity index is 1.51. The number of ether oxygens (including phenoxy) is 1. The average molecular weight is 426 g/mol. The molecule has 0 saturated heterocycles. The summed E-state index contributed by atoms with van der Waals surface area (Å²) in [6.07, 6.45) is 3.65.